The smallest absolute Gasteiger partial charge is 0.131 e. The zero-order valence-corrected chi connectivity index (χ0v) is 18.4. The zero-order valence-electron chi connectivity index (χ0n) is 17.6. The van der Waals surface area contributed by atoms with Crippen molar-refractivity contribution >= 4 is 32.2 Å². The van der Waals surface area contributed by atoms with Crippen molar-refractivity contribution in [1.82, 2.24) is 9.88 Å². The first-order chi connectivity index (χ1) is 14.6. The number of thiophene rings is 1. The summed E-state index contributed by atoms with van der Waals surface area (Å²) in [7, 11) is 0. The maximum absolute atomic E-state index is 4.55. The number of anilines is 2. The molecule has 1 aliphatic rings. The second-order valence-corrected chi connectivity index (χ2v) is 9.45. The number of hydrogen-bond donors (Lipinski definition) is 1. The van der Waals surface area contributed by atoms with Crippen LogP contribution in [0.4, 0.5) is 10.8 Å². The molecule has 1 N–H and O–H groups in total. The SMILES string of the molecule is Cc1ccc(-c2ccc3cc(Nc4cc(CN5CCC[C@H]5C)ccn4)sc3c2)cc1. The van der Waals surface area contributed by atoms with Gasteiger partial charge in [0, 0.05) is 23.5 Å². The summed E-state index contributed by atoms with van der Waals surface area (Å²) in [5.74, 6) is 0.921. The highest BCUT2D eigenvalue weighted by Crippen LogP contribution is 2.34. The van der Waals surface area contributed by atoms with Crippen molar-refractivity contribution in [3.8, 4) is 11.1 Å². The Bertz CT molecular complexity index is 1160. The molecule has 4 aromatic rings. The van der Waals surface area contributed by atoms with Gasteiger partial charge in [-0.2, -0.15) is 0 Å². The summed E-state index contributed by atoms with van der Waals surface area (Å²) >= 11 is 1.78. The number of rotatable bonds is 5. The van der Waals surface area contributed by atoms with Crippen LogP contribution in [0.3, 0.4) is 0 Å². The van der Waals surface area contributed by atoms with Gasteiger partial charge in [-0.15, -0.1) is 11.3 Å². The van der Waals surface area contributed by atoms with Gasteiger partial charge in [0.15, 0.2) is 0 Å². The summed E-state index contributed by atoms with van der Waals surface area (Å²) in [6, 6.07) is 22.7. The van der Waals surface area contributed by atoms with Gasteiger partial charge < -0.3 is 5.32 Å². The van der Waals surface area contributed by atoms with Crippen molar-refractivity contribution < 1.29 is 0 Å². The highest BCUT2D eigenvalue weighted by atomic mass is 32.1. The van der Waals surface area contributed by atoms with Gasteiger partial charge in [0.05, 0.1) is 5.00 Å². The van der Waals surface area contributed by atoms with Gasteiger partial charge in [-0.05, 0) is 79.6 Å². The van der Waals surface area contributed by atoms with E-state index in [4.69, 9.17) is 0 Å². The standard InChI is InChI=1S/C26H27N3S/c1-18-5-7-21(8-6-18)22-9-10-23-16-26(30-24(23)15-22)28-25-14-20(11-12-27-25)17-29-13-3-4-19(29)2/h5-12,14-16,19H,3-4,13,17H2,1-2H3,(H,27,28)/t19-/m1/s1. The predicted molar refractivity (Wildman–Crippen MR) is 129 cm³/mol. The van der Waals surface area contributed by atoms with Crippen molar-refractivity contribution in [3.63, 3.8) is 0 Å². The van der Waals surface area contributed by atoms with Crippen LogP contribution in [0.15, 0.2) is 66.9 Å². The molecule has 5 rings (SSSR count). The van der Waals surface area contributed by atoms with Gasteiger partial charge in [-0.3, -0.25) is 4.90 Å². The Kier molecular flexibility index (Phi) is 5.28. The molecule has 1 saturated heterocycles. The molecular formula is C26H27N3S. The molecule has 0 saturated carbocycles. The van der Waals surface area contributed by atoms with Gasteiger partial charge in [-0.25, -0.2) is 4.98 Å². The van der Waals surface area contributed by atoms with Crippen LogP contribution in [0.5, 0.6) is 0 Å². The second-order valence-electron chi connectivity index (χ2n) is 8.37. The Morgan fingerprint density at radius 2 is 1.87 bits per heavy atom. The number of aryl methyl sites for hydroxylation is 1. The van der Waals surface area contributed by atoms with Crippen LogP contribution in [0.2, 0.25) is 0 Å². The molecule has 2 aromatic carbocycles. The first-order valence-corrected chi connectivity index (χ1v) is 11.5. The summed E-state index contributed by atoms with van der Waals surface area (Å²) < 4.78 is 1.29. The van der Waals surface area contributed by atoms with Crippen molar-refractivity contribution in [2.45, 2.75) is 39.3 Å². The summed E-state index contributed by atoms with van der Waals surface area (Å²) in [4.78, 5) is 7.11. The zero-order chi connectivity index (χ0) is 20.5. The normalized spacial score (nSPS) is 16.9. The molecule has 1 fully saturated rings. The average molecular weight is 414 g/mol. The fourth-order valence-corrected chi connectivity index (χ4v) is 5.26. The van der Waals surface area contributed by atoms with E-state index in [1.807, 2.05) is 6.20 Å². The molecule has 0 bridgehead atoms. The minimum absolute atomic E-state index is 0.680. The minimum atomic E-state index is 0.680. The molecule has 152 valence electrons. The van der Waals surface area contributed by atoms with E-state index in [2.05, 4.69) is 89.7 Å². The molecule has 0 unspecified atom stereocenters. The summed E-state index contributed by atoms with van der Waals surface area (Å²) in [6.07, 6.45) is 4.54. The molecule has 0 aliphatic carbocycles. The number of fused-ring (bicyclic) bond motifs is 1. The molecule has 0 spiro atoms. The number of nitrogens with one attached hydrogen (secondary N) is 1. The molecule has 0 amide bonds. The van der Waals surface area contributed by atoms with Gasteiger partial charge in [0.1, 0.15) is 5.82 Å². The van der Waals surface area contributed by atoms with E-state index in [9.17, 15) is 0 Å². The topological polar surface area (TPSA) is 28.2 Å². The van der Waals surface area contributed by atoms with Crippen LogP contribution in [-0.2, 0) is 6.54 Å². The fraction of sp³-hybridized carbons (Fsp3) is 0.269. The van der Waals surface area contributed by atoms with Gasteiger partial charge in [0.25, 0.3) is 0 Å². The minimum Gasteiger partial charge on any atom is -0.332 e. The van der Waals surface area contributed by atoms with Gasteiger partial charge in [-0.1, -0.05) is 42.0 Å². The number of benzene rings is 2. The third-order valence-corrected chi connectivity index (χ3v) is 7.07. The second kappa shape index (κ2) is 8.21. The molecule has 2 aromatic heterocycles. The molecular weight excluding hydrogens is 386 g/mol. The maximum Gasteiger partial charge on any atom is 0.131 e. The van der Waals surface area contributed by atoms with Crippen molar-refractivity contribution in [2.75, 3.05) is 11.9 Å². The quantitative estimate of drug-likeness (QED) is 0.382. The molecule has 3 nitrogen and oxygen atoms in total. The molecule has 3 heterocycles. The predicted octanol–water partition coefficient (Wildman–Crippen LogP) is 7.00. The van der Waals surface area contributed by atoms with Crippen LogP contribution < -0.4 is 5.32 Å². The molecule has 30 heavy (non-hydrogen) atoms. The van der Waals surface area contributed by atoms with Gasteiger partial charge in [0.2, 0.25) is 0 Å². The Morgan fingerprint density at radius 1 is 1.03 bits per heavy atom. The third-order valence-electron chi connectivity index (χ3n) is 6.06. The van der Waals surface area contributed by atoms with Crippen molar-refractivity contribution in [2.24, 2.45) is 0 Å². The molecule has 1 atom stereocenters. The lowest BCUT2D eigenvalue weighted by Gasteiger charge is -2.21. The number of aromatic nitrogens is 1. The Hall–Kier alpha value is -2.69. The number of likely N-dealkylation sites (tertiary alicyclic amines) is 1. The van der Waals surface area contributed by atoms with Gasteiger partial charge >= 0.3 is 0 Å². The molecule has 4 heteroatoms. The average Bonchev–Trinajstić information content (AvgIpc) is 3.33. The van der Waals surface area contributed by atoms with Crippen molar-refractivity contribution in [1.29, 1.82) is 0 Å². The summed E-state index contributed by atoms with van der Waals surface area (Å²) in [6.45, 7) is 6.66. The molecule has 0 radical (unpaired) electrons. The van der Waals surface area contributed by atoms with E-state index in [1.54, 1.807) is 11.3 Å². The number of pyridine rings is 1. The molecule has 1 aliphatic heterocycles. The largest absolute Gasteiger partial charge is 0.332 e. The van der Waals surface area contributed by atoms with E-state index in [1.165, 1.54) is 51.7 Å². The van der Waals surface area contributed by atoms with Crippen LogP contribution >= 0.6 is 11.3 Å². The number of nitrogens with zero attached hydrogens (tertiary/aromatic N) is 2. The summed E-state index contributed by atoms with van der Waals surface area (Å²) in [5, 5.41) is 5.92. The van der Waals surface area contributed by atoms with E-state index in [-0.39, 0.29) is 0 Å². The highest BCUT2D eigenvalue weighted by Gasteiger charge is 2.20. The Labute approximate surface area is 182 Å². The monoisotopic (exact) mass is 413 g/mol. The lowest BCUT2D eigenvalue weighted by Crippen LogP contribution is -2.26. The van der Waals surface area contributed by atoms with E-state index >= 15 is 0 Å². The Morgan fingerprint density at radius 3 is 2.67 bits per heavy atom. The van der Waals surface area contributed by atoms with Crippen LogP contribution in [-0.4, -0.2) is 22.5 Å². The highest BCUT2D eigenvalue weighted by molar-refractivity contribution is 7.22. The third kappa shape index (κ3) is 4.11. The first kappa shape index (κ1) is 19.3. The van der Waals surface area contributed by atoms with Crippen molar-refractivity contribution in [3.05, 3.63) is 78.0 Å². The van der Waals surface area contributed by atoms with Crippen LogP contribution in [0.25, 0.3) is 21.2 Å². The summed E-state index contributed by atoms with van der Waals surface area (Å²) in [5.41, 5.74) is 5.13. The van der Waals surface area contributed by atoms with E-state index in [0.29, 0.717) is 6.04 Å². The number of hydrogen-bond acceptors (Lipinski definition) is 4. The lowest BCUT2D eigenvalue weighted by molar-refractivity contribution is 0.260. The Balaban J connectivity index is 1.35. The van der Waals surface area contributed by atoms with E-state index in [0.717, 1.165) is 17.4 Å². The van der Waals surface area contributed by atoms with Crippen LogP contribution in [0, 0.1) is 6.92 Å². The first-order valence-electron chi connectivity index (χ1n) is 10.7. The maximum atomic E-state index is 4.55. The van der Waals surface area contributed by atoms with E-state index < -0.39 is 0 Å². The van der Waals surface area contributed by atoms with Crippen LogP contribution in [0.1, 0.15) is 30.9 Å². The lowest BCUT2D eigenvalue weighted by atomic mass is 10.0. The fourth-order valence-electron chi connectivity index (χ4n) is 4.25.